The number of hydrogen-bond donors (Lipinski definition) is 0. The summed E-state index contributed by atoms with van der Waals surface area (Å²) in [6.07, 6.45) is 5.44. The summed E-state index contributed by atoms with van der Waals surface area (Å²) in [5.41, 5.74) is 1.74. The molecule has 0 spiro atoms. The van der Waals surface area contributed by atoms with Gasteiger partial charge in [-0.05, 0) is 11.2 Å². The van der Waals surface area contributed by atoms with Gasteiger partial charge in [0.1, 0.15) is 0 Å². The number of para-hydroxylation sites is 2. The van der Waals surface area contributed by atoms with Gasteiger partial charge >= 0.3 is 19.5 Å². The van der Waals surface area contributed by atoms with E-state index in [1.54, 1.807) is 0 Å². The van der Waals surface area contributed by atoms with Crippen molar-refractivity contribution < 1.29 is 28.3 Å². The van der Waals surface area contributed by atoms with Crippen LogP contribution in [0.1, 0.15) is 0 Å². The summed E-state index contributed by atoms with van der Waals surface area (Å²) in [7, 11) is 0. The molecule has 0 aliphatic heterocycles. The zero-order valence-electron chi connectivity index (χ0n) is 10.9. The summed E-state index contributed by atoms with van der Waals surface area (Å²) in [6, 6.07) is 15.6. The van der Waals surface area contributed by atoms with Crippen molar-refractivity contribution in [2.45, 2.75) is 0 Å². The molecule has 5 heteroatoms. The molecule has 2 aromatic carbocycles. The molecule has 0 saturated carbocycles. The topological polar surface area (TPSA) is 26.3 Å². The number of rotatable bonds is 0. The van der Waals surface area contributed by atoms with E-state index in [-0.39, 0.29) is 19.5 Å². The Morgan fingerprint density at radius 3 is 1.43 bits per heavy atom. The summed E-state index contributed by atoms with van der Waals surface area (Å²) in [5.74, 6) is 0. The Kier molecular flexibility index (Phi) is 5.80. The maximum Gasteiger partial charge on any atom is 2.00 e. The first-order valence-corrected chi connectivity index (χ1v) is 7.44. The van der Waals surface area contributed by atoms with Crippen LogP contribution in [0.4, 0.5) is 0 Å². The number of fused-ring (bicyclic) bond motifs is 2. The van der Waals surface area contributed by atoms with E-state index in [9.17, 15) is 0 Å². The zero-order valence-corrected chi connectivity index (χ0v) is 17.0. The first-order chi connectivity index (χ1) is 9.75. The van der Waals surface area contributed by atoms with E-state index in [0.29, 0.717) is 0 Å². The van der Waals surface area contributed by atoms with Crippen LogP contribution in [-0.4, -0.2) is 0 Å². The third kappa shape index (κ3) is 3.65. The molecule has 0 radical (unpaired) electrons. The Hall–Kier alpha value is -0.897. The van der Waals surface area contributed by atoms with E-state index < -0.39 is 0 Å². The predicted octanol–water partition coefficient (Wildman–Crippen LogP) is 5.99. The van der Waals surface area contributed by atoms with E-state index in [2.05, 4.69) is 44.4 Å². The van der Waals surface area contributed by atoms with Crippen molar-refractivity contribution in [1.29, 1.82) is 0 Å². The van der Waals surface area contributed by atoms with Gasteiger partial charge in [-0.25, -0.2) is 0 Å². The number of hydrogen-bond acceptors (Lipinski definition) is 2. The smallest absolute Gasteiger partial charge is 0.590 e. The molecule has 0 aliphatic rings. The number of benzene rings is 2. The van der Waals surface area contributed by atoms with E-state index in [1.165, 1.54) is 0 Å². The SMILES string of the molecule is Brc1[c-]oc2ccccc12.Brc1[c-]oc2ccccc12.[Zn+2]. The molecule has 0 fully saturated rings. The third-order valence-corrected chi connectivity index (χ3v) is 3.93. The van der Waals surface area contributed by atoms with Crippen LogP contribution in [0.15, 0.2) is 66.3 Å². The quantitative estimate of drug-likeness (QED) is 0.240. The van der Waals surface area contributed by atoms with Gasteiger partial charge in [0.25, 0.3) is 0 Å². The Balaban J connectivity index is 0.000000147. The fraction of sp³-hybridized carbons (Fsp3) is 0. The van der Waals surface area contributed by atoms with E-state index in [0.717, 1.165) is 30.9 Å². The van der Waals surface area contributed by atoms with Crippen molar-refractivity contribution in [2.75, 3.05) is 0 Å². The minimum absolute atomic E-state index is 0. The molecule has 21 heavy (non-hydrogen) atoms. The molecule has 0 N–H and O–H groups in total. The van der Waals surface area contributed by atoms with E-state index in [1.807, 2.05) is 48.5 Å². The molecular formula is C16H8Br2O2Zn. The maximum absolute atomic E-state index is 5.08. The molecule has 4 rings (SSSR count). The Labute approximate surface area is 151 Å². The first-order valence-electron chi connectivity index (χ1n) is 5.85. The second-order valence-corrected chi connectivity index (χ2v) is 5.61. The summed E-state index contributed by atoms with van der Waals surface area (Å²) in [6.45, 7) is 0. The van der Waals surface area contributed by atoms with Gasteiger partial charge in [0.05, 0.1) is 0 Å². The number of furan rings is 2. The minimum Gasteiger partial charge on any atom is -0.590 e. The molecule has 2 aromatic heterocycles. The van der Waals surface area contributed by atoms with Crippen LogP contribution in [0.2, 0.25) is 0 Å². The molecule has 4 aromatic rings. The van der Waals surface area contributed by atoms with Crippen LogP contribution >= 0.6 is 31.9 Å². The van der Waals surface area contributed by atoms with Gasteiger partial charge in [0, 0.05) is 12.5 Å². The average molecular weight is 457 g/mol. The Morgan fingerprint density at radius 2 is 1.05 bits per heavy atom. The molecule has 0 aliphatic carbocycles. The largest absolute Gasteiger partial charge is 2.00 e. The van der Waals surface area contributed by atoms with Crippen LogP contribution in [0.5, 0.6) is 0 Å². The van der Waals surface area contributed by atoms with Gasteiger partial charge < -0.3 is 8.83 Å². The summed E-state index contributed by atoms with van der Waals surface area (Å²) in [5, 5.41) is 2.14. The molecular weight excluding hydrogens is 449 g/mol. The molecule has 2 nitrogen and oxygen atoms in total. The summed E-state index contributed by atoms with van der Waals surface area (Å²) < 4.78 is 11.9. The summed E-state index contributed by atoms with van der Waals surface area (Å²) >= 11 is 6.64. The van der Waals surface area contributed by atoms with Gasteiger partial charge in [0.2, 0.25) is 0 Å². The van der Waals surface area contributed by atoms with Gasteiger partial charge in [-0.15, -0.1) is 22.9 Å². The van der Waals surface area contributed by atoms with Gasteiger partial charge in [-0.2, -0.15) is 0 Å². The molecule has 100 valence electrons. The van der Waals surface area contributed by atoms with Crippen molar-refractivity contribution in [3.63, 3.8) is 0 Å². The van der Waals surface area contributed by atoms with Crippen LogP contribution in [0.25, 0.3) is 21.9 Å². The molecule has 0 saturated heterocycles. The Morgan fingerprint density at radius 1 is 0.667 bits per heavy atom. The van der Waals surface area contributed by atoms with E-state index >= 15 is 0 Å². The molecule has 0 unspecified atom stereocenters. The maximum atomic E-state index is 5.08. The fourth-order valence-corrected chi connectivity index (χ4v) is 2.60. The Bertz CT molecular complexity index is 779. The summed E-state index contributed by atoms with van der Waals surface area (Å²) in [4.78, 5) is 0. The predicted molar refractivity (Wildman–Crippen MR) is 85.5 cm³/mol. The van der Waals surface area contributed by atoms with Crippen molar-refractivity contribution in [3.8, 4) is 0 Å². The molecule has 0 atom stereocenters. The van der Waals surface area contributed by atoms with Crippen molar-refractivity contribution in [1.82, 2.24) is 0 Å². The van der Waals surface area contributed by atoms with Crippen LogP contribution in [0, 0.1) is 12.5 Å². The van der Waals surface area contributed by atoms with Gasteiger partial charge in [-0.1, -0.05) is 77.2 Å². The first kappa shape index (κ1) is 16.5. The monoisotopic (exact) mass is 454 g/mol. The molecule has 2 heterocycles. The van der Waals surface area contributed by atoms with Gasteiger partial charge in [-0.3, -0.25) is 0 Å². The number of halogens is 2. The zero-order chi connectivity index (χ0) is 13.9. The third-order valence-electron chi connectivity index (χ3n) is 2.75. The minimum atomic E-state index is 0. The fourth-order valence-electron chi connectivity index (χ4n) is 1.78. The van der Waals surface area contributed by atoms with Crippen molar-refractivity contribution >= 4 is 53.8 Å². The van der Waals surface area contributed by atoms with Gasteiger partial charge in [0.15, 0.2) is 0 Å². The average Bonchev–Trinajstić information content (AvgIpc) is 3.05. The second kappa shape index (κ2) is 7.39. The molecule has 0 bridgehead atoms. The standard InChI is InChI=1S/2C8H4BrO.Zn/c2*9-7-5-10-8-4-2-1-3-6(7)8;/h2*1-4H;/q2*-1;+2. The second-order valence-electron chi connectivity index (χ2n) is 4.03. The van der Waals surface area contributed by atoms with E-state index in [4.69, 9.17) is 8.83 Å². The van der Waals surface area contributed by atoms with Crippen LogP contribution < -0.4 is 0 Å². The van der Waals surface area contributed by atoms with Crippen LogP contribution in [0.3, 0.4) is 0 Å². The van der Waals surface area contributed by atoms with Crippen molar-refractivity contribution in [2.24, 2.45) is 0 Å². The van der Waals surface area contributed by atoms with Crippen molar-refractivity contribution in [3.05, 3.63) is 70.0 Å². The molecule has 0 amide bonds. The van der Waals surface area contributed by atoms with Crippen LogP contribution in [-0.2, 0) is 19.5 Å². The normalized spacial score (nSPS) is 10.0.